The smallest absolute Gasteiger partial charge is 0.342 e. The molecular weight excluding hydrogens is 348 g/mol. The van der Waals surface area contributed by atoms with Gasteiger partial charge in [-0.15, -0.1) is 0 Å². The fraction of sp³-hybridized carbons (Fsp3) is 0.611. The van der Waals surface area contributed by atoms with Crippen LogP contribution in [0.1, 0.15) is 55.5 Å². The number of piperidine rings is 1. The van der Waals surface area contributed by atoms with Crippen LogP contribution in [0.2, 0.25) is 0 Å². The number of hydrogen-bond donors (Lipinski definition) is 2. The molecule has 1 unspecified atom stereocenters. The van der Waals surface area contributed by atoms with Crippen molar-refractivity contribution in [3.63, 3.8) is 0 Å². The quantitative estimate of drug-likeness (QED) is 0.790. The minimum Gasteiger partial charge on any atom is -0.342 e. The summed E-state index contributed by atoms with van der Waals surface area (Å²) < 4.78 is 1.61. The Hall–Kier alpha value is -2.71. The normalized spacial score (nSPS) is 17.3. The molecule has 0 bridgehead atoms. The van der Waals surface area contributed by atoms with Crippen LogP contribution in [-0.4, -0.2) is 48.6 Å². The molecule has 2 aromatic heterocycles. The lowest BCUT2D eigenvalue weighted by Crippen LogP contribution is -2.41. The fourth-order valence-electron chi connectivity index (χ4n) is 3.67. The number of carbonyl (C=O) groups is 1. The summed E-state index contributed by atoms with van der Waals surface area (Å²) in [5, 5.41) is 6.65. The lowest BCUT2D eigenvalue weighted by atomic mass is 9.96. The molecule has 146 valence electrons. The molecule has 0 saturated carbocycles. The van der Waals surface area contributed by atoms with Crippen molar-refractivity contribution in [1.29, 1.82) is 0 Å². The number of aromatic amines is 2. The summed E-state index contributed by atoms with van der Waals surface area (Å²) in [5.74, 6) is 1.24. The summed E-state index contributed by atoms with van der Waals surface area (Å²) in [6, 6.07) is 0. The molecule has 1 fully saturated rings. The van der Waals surface area contributed by atoms with Crippen LogP contribution >= 0.6 is 0 Å². The summed E-state index contributed by atoms with van der Waals surface area (Å²) in [6.07, 6.45) is 2.39. The zero-order valence-electron chi connectivity index (χ0n) is 16.0. The Morgan fingerprint density at radius 2 is 2.07 bits per heavy atom. The van der Waals surface area contributed by atoms with Gasteiger partial charge >= 0.3 is 5.69 Å². The summed E-state index contributed by atoms with van der Waals surface area (Å²) >= 11 is 0. The van der Waals surface area contributed by atoms with Gasteiger partial charge in [0.05, 0.1) is 6.42 Å². The summed E-state index contributed by atoms with van der Waals surface area (Å²) in [4.78, 5) is 45.8. The fourth-order valence-corrected chi connectivity index (χ4v) is 3.67. The topological polar surface area (TPSA) is 117 Å². The van der Waals surface area contributed by atoms with Gasteiger partial charge in [0.1, 0.15) is 11.6 Å². The number of rotatable bonds is 5. The van der Waals surface area contributed by atoms with Gasteiger partial charge in [-0.25, -0.2) is 14.9 Å². The number of carbonyl (C=O) groups excluding carboxylic acids is 1. The lowest BCUT2D eigenvalue weighted by molar-refractivity contribution is -0.131. The van der Waals surface area contributed by atoms with Crippen LogP contribution in [0, 0.1) is 6.92 Å². The molecule has 2 aromatic rings. The third-order valence-electron chi connectivity index (χ3n) is 5.18. The molecule has 0 aliphatic carbocycles. The molecule has 27 heavy (non-hydrogen) atoms. The molecule has 1 amide bonds. The number of aromatic nitrogens is 5. The number of hydrogen-bond acceptors (Lipinski definition) is 5. The Morgan fingerprint density at radius 3 is 2.74 bits per heavy atom. The van der Waals surface area contributed by atoms with Crippen molar-refractivity contribution in [1.82, 2.24) is 29.6 Å². The van der Waals surface area contributed by atoms with Gasteiger partial charge in [-0.3, -0.25) is 14.2 Å². The molecule has 9 heteroatoms. The van der Waals surface area contributed by atoms with Crippen LogP contribution < -0.4 is 11.2 Å². The molecule has 1 saturated heterocycles. The summed E-state index contributed by atoms with van der Waals surface area (Å²) in [5.41, 5.74) is 0.558. The van der Waals surface area contributed by atoms with Crippen LogP contribution in [0.4, 0.5) is 0 Å². The zero-order chi connectivity index (χ0) is 19.6. The number of aryl methyl sites for hydroxylation is 2. The predicted octanol–water partition coefficient (Wildman–Crippen LogP) is 0.494. The Kier molecular flexibility index (Phi) is 5.57. The highest BCUT2D eigenvalue weighted by molar-refractivity contribution is 5.79. The van der Waals surface area contributed by atoms with Gasteiger partial charge < -0.3 is 9.88 Å². The average Bonchev–Trinajstić information content (AvgIpc) is 3.04. The maximum absolute atomic E-state index is 12.8. The number of nitrogens with zero attached hydrogens (tertiary/aromatic N) is 4. The monoisotopic (exact) mass is 374 g/mol. The minimum atomic E-state index is -0.242. The highest BCUT2D eigenvalue weighted by Gasteiger charge is 2.29. The van der Waals surface area contributed by atoms with Gasteiger partial charge in [0, 0.05) is 43.2 Å². The van der Waals surface area contributed by atoms with E-state index in [2.05, 4.69) is 20.2 Å². The van der Waals surface area contributed by atoms with E-state index in [-0.39, 0.29) is 29.5 Å². The standard InChI is InChI=1S/C18H26N6O3/c1-4-14-19-11(3)13(17(26)20-14)9-15(25)23-8-6-7-12(10-23)16-21-22-18(27)24(16)5-2/h12H,4-10H2,1-3H3,(H,22,27)(H,19,20,26). The van der Waals surface area contributed by atoms with Gasteiger partial charge in [0.25, 0.3) is 5.56 Å². The van der Waals surface area contributed by atoms with Crippen molar-refractivity contribution in [2.75, 3.05) is 13.1 Å². The van der Waals surface area contributed by atoms with Crippen LogP contribution in [0.3, 0.4) is 0 Å². The molecule has 0 aromatic carbocycles. The Bertz CT molecular complexity index is 941. The second-order valence-corrected chi connectivity index (χ2v) is 6.92. The molecule has 0 spiro atoms. The number of likely N-dealkylation sites (tertiary alicyclic amines) is 1. The minimum absolute atomic E-state index is 0.0153. The Morgan fingerprint density at radius 1 is 1.30 bits per heavy atom. The second kappa shape index (κ2) is 7.89. The maximum atomic E-state index is 12.8. The number of H-pyrrole nitrogens is 2. The molecule has 2 N–H and O–H groups in total. The van der Waals surface area contributed by atoms with Gasteiger partial charge in [-0.05, 0) is 26.7 Å². The summed E-state index contributed by atoms with van der Waals surface area (Å²) in [7, 11) is 0. The van der Waals surface area contributed by atoms with Gasteiger partial charge in [-0.1, -0.05) is 6.92 Å². The first-order chi connectivity index (χ1) is 12.9. The largest absolute Gasteiger partial charge is 0.343 e. The molecule has 1 atom stereocenters. The molecule has 1 aliphatic rings. The second-order valence-electron chi connectivity index (χ2n) is 6.92. The van der Waals surface area contributed by atoms with Crippen molar-refractivity contribution in [2.24, 2.45) is 0 Å². The number of amides is 1. The van der Waals surface area contributed by atoms with E-state index in [1.54, 1.807) is 16.4 Å². The Labute approximate surface area is 156 Å². The van der Waals surface area contributed by atoms with Crippen molar-refractivity contribution >= 4 is 5.91 Å². The molecule has 3 heterocycles. The van der Waals surface area contributed by atoms with E-state index in [0.717, 1.165) is 12.8 Å². The van der Waals surface area contributed by atoms with Crippen LogP contribution in [0.5, 0.6) is 0 Å². The highest BCUT2D eigenvalue weighted by Crippen LogP contribution is 2.25. The van der Waals surface area contributed by atoms with Gasteiger partial charge in [0.2, 0.25) is 5.91 Å². The van der Waals surface area contributed by atoms with Crippen LogP contribution in [0.15, 0.2) is 9.59 Å². The van der Waals surface area contributed by atoms with Crippen LogP contribution in [-0.2, 0) is 24.2 Å². The summed E-state index contributed by atoms with van der Waals surface area (Å²) in [6.45, 7) is 7.27. The van der Waals surface area contributed by atoms with E-state index < -0.39 is 0 Å². The van der Waals surface area contributed by atoms with Gasteiger partial charge in [0.15, 0.2) is 0 Å². The molecular formula is C18H26N6O3. The lowest BCUT2D eigenvalue weighted by Gasteiger charge is -2.32. The first-order valence-corrected chi connectivity index (χ1v) is 9.46. The van der Waals surface area contributed by atoms with E-state index in [1.165, 1.54) is 0 Å². The van der Waals surface area contributed by atoms with E-state index in [9.17, 15) is 14.4 Å². The molecule has 3 rings (SSSR count). The SMILES string of the molecule is CCc1nc(C)c(CC(=O)N2CCCC(c3n[nH]c(=O)n3CC)C2)c(=O)[nH]1. The first-order valence-electron chi connectivity index (χ1n) is 9.46. The molecule has 1 aliphatic heterocycles. The predicted molar refractivity (Wildman–Crippen MR) is 99.8 cm³/mol. The first kappa shape index (κ1) is 19.1. The van der Waals surface area contributed by atoms with Gasteiger partial charge in [-0.2, -0.15) is 5.10 Å². The molecule has 9 nitrogen and oxygen atoms in total. The molecule has 0 radical (unpaired) electrons. The third-order valence-corrected chi connectivity index (χ3v) is 5.18. The van der Waals surface area contributed by atoms with E-state index in [4.69, 9.17) is 0 Å². The van der Waals surface area contributed by atoms with Crippen molar-refractivity contribution in [3.8, 4) is 0 Å². The average molecular weight is 374 g/mol. The van der Waals surface area contributed by atoms with E-state index in [1.807, 2.05) is 13.8 Å². The Balaban J connectivity index is 1.76. The third kappa shape index (κ3) is 3.86. The van der Waals surface area contributed by atoms with Crippen molar-refractivity contribution in [3.05, 3.63) is 43.7 Å². The van der Waals surface area contributed by atoms with Crippen molar-refractivity contribution < 1.29 is 4.79 Å². The van der Waals surface area contributed by atoms with Crippen molar-refractivity contribution in [2.45, 2.75) is 58.9 Å². The maximum Gasteiger partial charge on any atom is 0.343 e. The van der Waals surface area contributed by atoms with E-state index in [0.29, 0.717) is 49.0 Å². The number of nitrogens with one attached hydrogen (secondary N) is 2. The van der Waals surface area contributed by atoms with E-state index >= 15 is 0 Å². The van der Waals surface area contributed by atoms with Crippen LogP contribution in [0.25, 0.3) is 0 Å². The highest BCUT2D eigenvalue weighted by atomic mass is 16.2. The zero-order valence-corrected chi connectivity index (χ0v) is 16.0.